The molecule has 0 spiro atoms. The van der Waals surface area contributed by atoms with Gasteiger partial charge in [-0.1, -0.05) is 54.2 Å². The summed E-state index contributed by atoms with van der Waals surface area (Å²) in [5.41, 5.74) is 2.69. The topological polar surface area (TPSA) is 91.9 Å². The first kappa shape index (κ1) is 21.5. The van der Waals surface area contributed by atoms with Gasteiger partial charge in [0.15, 0.2) is 10.9 Å². The Hall–Kier alpha value is -3.19. The third kappa shape index (κ3) is 5.45. The number of anilines is 1. The third-order valence-corrected chi connectivity index (χ3v) is 5.69. The van der Waals surface area contributed by atoms with E-state index in [1.54, 1.807) is 31.2 Å². The van der Waals surface area contributed by atoms with Gasteiger partial charge in [-0.15, -0.1) is 0 Å². The monoisotopic (exact) mass is 421 g/mol. The average Bonchev–Trinajstić information content (AvgIpc) is 2.71. The number of aryl methyl sites for hydroxylation is 1. The van der Waals surface area contributed by atoms with E-state index < -0.39 is 0 Å². The Labute approximate surface area is 179 Å². The summed E-state index contributed by atoms with van der Waals surface area (Å²) in [6.07, 6.45) is -0.0996. The second-order valence-electron chi connectivity index (χ2n) is 6.97. The summed E-state index contributed by atoms with van der Waals surface area (Å²) in [6.45, 7) is 5.24. The maximum Gasteiger partial charge on any atom is 0.255 e. The van der Waals surface area contributed by atoms with Crippen LogP contribution in [-0.2, 0) is 11.2 Å². The number of amides is 1. The van der Waals surface area contributed by atoms with E-state index in [-0.39, 0.29) is 28.9 Å². The maximum absolute atomic E-state index is 12.6. The lowest BCUT2D eigenvalue weighted by atomic mass is 10.1. The minimum atomic E-state index is -0.343. The molecule has 1 unspecified atom stereocenters. The summed E-state index contributed by atoms with van der Waals surface area (Å²) in [4.78, 5) is 43.8. The molecule has 3 rings (SSSR count). The van der Waals surface area contributed by atoms with Crippen molar-refractivity contribution in [2.45, 2.75) is 37.6 Å². The first-order chi connectivity index (χ1) is 14.3. The van der Waals surface area contributed by atoms with Crippen molar-refractivity contribution in [1.29, 1.82) is 0 Å². The van der Waals surface area contributed by atoms with Crippen LogP contribution in [0.25, 0.3) is 0 Å². The maximum atomic E-state index is 12.6. The number of hydrogen-bond acceptors (Lipinski definition) is 5. The van der Waals surface area contributed by atoms with Crippen LogP contribution in [0.2, 0.25) is 0 Å². The molecule has 0 saturated carbocycles. The fraction of sp³-hybridized carbons (Fsp3) is 0.217. The van der Waals surface area contributed by atoms with Crippen LogP contribution in [0, 0.1) is 6.92 Å². The molecule has 1 amide bonds. The number of carbonyl (C=O) groups excluding carboxylic acids is 2. The summed E-state index contributed by atoms with van der Waals surface area (Å²) in [7, 11) is 0. The van der Waals surface area contributed by atoms with Gasteiger partial charge in [0.1, 0.15) is 0 Å². The fourth-order valence-electron chi connectivity index (χ4n) is 2.99. The number of H-pyrrole nitrogens is 1. The number of nitrogens with zero attached hydrogens (tertiary/aromatic N) is 1. The molecule has 6 nitrogen and oxygen atoms in total. The zero-order valence-electron chi connectivity index (χ0n) is 17.1. The van der Waals surface area contributed by atoms with E-state index in [9.17, 15) is 14.4 Å². The number of Topliss-reactive ketones (excluding diaryl/α,β-unsaturated/α-hetero) is 1. The number of hydrogen-bond donors (Lipinski definition) is 2. The van der Waals surface area contributed by atoms with E-state index in [4.69, 9.17) is 0 Å². The van der Waals surface area contributed by atoms with Crippen LogP contribution in [-0.4, -0.2) is 21.7 Å². The van der Waals surface area contributed by atoms with Crippen LogP contribution >= 0.6 is 11.8 Å². The summed E-state index contributed by atoms with van der Waals surface area (Å²) in [5.74, 6) is -0.426. The Balaban J connectivity index is 1.71. The van der Waals surface area contributed by atoms with Gasteiger partial charge in [0.25, 0.3) is 5.56 Å². The molecule has 0 aliphatic heterocycles. The number of carbonyl (C=O) groups is 2. The molecular weight excluding hydrogens is 398 g/mol. The zero-order valence-corrected chi connectivity index (χ0v) is 17.9. The van der Waals surface area contributed by atoms with Crippen LogP contribution in [0.3, 0.4) is 0 Å². The number of benzene rings is 2. The van der Waals surface area contributed by atoms with E-state index >= 15 is 0 Å². The highest BCUT2D eigenvalue weighted by molar-refractivity contribution is 7.99. The minimum absolute atomic E-state index is 0.0830. The van der Waals surface area contributed by atoms with Gasteiger partial charge in [-0.05, 0) is 38.5 Å². The molecule has 2 N–H and O–H groups in total. The largest absolute Gasteiger partial charge is 0.326 e. The molecule has 0 aliphatic carbocycles. The van der Waals surface area contributed by atoms with Crippen LogP contribution in [0.1, 0.15) is 46.3 Å². The molecule has 3 aromatic rings. The van der Waals surface area contributed by atoms with Crippen molar-refractivity contribution in [2.75, 3.05) is 5.32 Å². The minimum Gasteiger partial charge on any atom is -0.326 e. The van der Waals surface area contributed by atoms with Crippen molar-refractivity contribution < 1.29 is 9.59 Å². The van der Waals surface area contributed by atoms with Gasteiger partial charge in [0.05, 0.1) is 6.42 Å². The molecule has 0 bridgehead atoms. The van der Waals surface area contributed by atoms with Crippen LogP contribution in [0.15, 0.2) is 64.5 Å². The lowest BCUT2D eigenvalue weighted by molar-refractivity contribution is -0.115. The smallest absolute Gasteiger partial charge is 0.255 e. The molecule has 0 saturated heterocycles. The first-order valence-corrected chi connectivity index (χ1v) is 10.4. The number of thioether (sulfide) groups is 1. The van der Waals surface area contributed by atoms with Crippen molar-refractivity contribution >= 4 is 29.1 Å². The highest BCUT2D eigenvalue weighted by atomic mass is 32.2. The highest BCUT2D eigenvalue weighted by Gasteiger charge is 2.15. The van der Waals surface area contributed by atoms with Crippen LogP contribution < -0.4 is 10.9 Å². The normalized spacial score (nSPS) is 11.7. The average molecular weight is 422 g/mol. The number of ketones is 1. The van der Waals surface area contributed by atoms with E-state index in [1.165, 1.54) is 18.7 Å². The Morgan fingerprint density at radius 2 is 1.87 bits per heavy atom. The van der Waals surface area contributed by atoms with Gasteiger partial charge >= 0.3 is 0 Å². The summed E-state index contributed by atoms with van der Waals surface area (Å²) in [5, 5.41) is 3.37. The second kappa shape index (κ2) is 9.54. The molecule has 1 atom stereocenters. The van der Waals surface area contributed by atoms with E-state index in [1.807, 2.05) is 37.3 Å². The fourth-order valence-corrected chi connectivity index (χ4v) is 3.96. The SMILES string of the molecule is CC(=O)c1cccc(NC(=O)Cc2c(C)nc(SC(C)c3ccccc3)[nH]c2=O)c1. The van der Waals surface area contributed by atoms with Crippen molar-refractivity contribution in [3.63, 3.8) is 0 Å². The molecule has 0 aliphatic rings. The summed E-state index contributed by atoms with van der Waals surface area (Å²) in [6, 6.07) is 16.7. The third-order valence-electron chi connectivity index (χ3n) is 4.65. The lowest BCUT2D eigenvalue weighted by Gasteiger charge is -2.12. The Bertz CT molecular complexity index is 1130. The summed E-state index contributed by atoms with van der Waals surface area (Å²) < 4.78 is 0. The van der Waals surface area contributed by atoms with Gasteiger partial charge in [-0.3, -0.25) is 14.4 Å². The molecular formula is C23H23N3O3S. The zero-order chi connectivity index (χ0) is 21.7. The molecule has 7 heteroatoms. The lowest BCUT2D eigenvalue weighted by Crippen LogP contribution is -2.24. The van der Waals surface area contributed by atoms with Gasteiger partial charge in [-0.25, -0.2) is 4.98 Å². The van der Waals surface area contributed by atoms with Gasteiger partial charge in [-0.2, -0.15) is 0 Å². The molecule has 0 fully saturated rings. The Morgan fingerprint density at radius 1 is 1.13 bits per heavy atom. The predicted octanol–water partition coefficient (Wildman–Crippen LogP) is 4.32. The first-order valence-electron chi connectivity index (χ1n) is 9.55. The molecule has 154 valence electrons. The van der Waals surface area contributed by atoms with E-state index in [0.717, 1.165) is 5.56 Å². The van der Waals surface area contributed by atoms with Gasteiger partial charge < -0.3 is 10.3 Å². The van der Waals surface area contributed by atoms with Crippen molar-refractivity contribution in [2.24, 2.45) is 0 Å². The van der Waals surface area contributed by atoms with E-state index in [0.29, 0.717) is 27.7 Å². The molecule has 1 heterocycles. The van der Waals surface area contributed by atoms with Crippen molar-refractivity contribution in [1.82, 2.24) is 9.97 Å². The standard InChI is InChI=1S/C23H23N3O3S/c1-14-20(13-21(28)25-19-11-7-10-18(12-19)15(2)27)22(29)26-23(24-14)30-16(3)17-8-5-4-6-9-17/h4-12,16H,13H2,1-3H3,(H,25,28)(H,24,26,29). The predicted molar refractivity (Wildman–Crippen MR) is 119 cm³/mol. The van der Waals surface area contributed by atoms with Crippen molar-refractivity contribution in [3.8, 4) is 0 Å². The molecule has 0 radical (unpaired) electrons. The number of nitrogens with one attached hydrogen (secondary N) is 2. The van der Waals surface area contributed by atoms with Crippen LogP contribution in [0.5, 0.6) is 0 Å². The molecule has 1 aromatic heterocycles. The van der Waals surface area contributed by atoms with Gasteiger partial charge in [0, 0.05) is 27.8 Å². The number of aromatic amines is 1. The summed E-state index contributed by atoms with van der Waals surface area (Å²) >= 11 is 1.46. The second-order valence-corrected chi connectivity index (χ2v) is 8.30. The number of rotatable bonds is 7. The van der Waals surface area contributed by atoms with Crippen molar-refractivity contribution in [3.05, 3.63) is 87.3 Å². The van der Waals surface area contributed by atoms with Gasteiger partial charge in [0.2, 0.25) is 5.91 Å². The van der Waals surface area contributed by atoms with Crippen LogP contribution in [0.4, 0.5) is 5.69 Å². The Morgan fingerprint density at radius 3 is 2.53 bits per heavy atom. The molecule has 30 heavy (non-hydrogen) atoms. The Kier molecular flexibility index (Phi) is 6.84. The number of aromatic nitrogens is 2. The quantitative estimate of drug-likeness (QED) is 0.337. The molecule has 2 aromatic carbocycles. The highest BCUT2D eigenvalue weighted by Crippen LogP contribution is 2.32. The van der Waals surface area contributed by atoms with E-state index in [2.05, 4.69) is 15.3 Å².